The van der Waals surface area contributed by atoms with E-state index in [9.17, 15) is 18.0 Å². The molecule has 0 aliphatic carbocycles. The van der Waals surface area contributed by atoms with Crippen molar-refractivity contribution in [3.8, 4) is 5.75 Å². The van der Waals surface area contributed by atoms with Crippen molar-refractivity contribution in [2.75, 3.05) is 12.4 Å². The predicted octanol–water partition coefficient (Wildman–Crippen LogP) is 5.83. The first kappa shape index (κ1) is 17.6. The molecule has 3 rings (SSSR count). The Hall–Kier alpha value is -2.25. The Morgan fingerprint density at radius 1 is 1.20 bits per heavy atom. The van der Waals surface area contributed by atoms with Crippen LogP contribution in [0.15, 0.2) is 42.5 Å². The van der Waals surface area contributed by atoms with Crippen molar-refractivity contribution in [3.63, 3.8) is 0 Å². The van der Waals surface area contributed by atoms with Gasteiger partial charge in [0.05, 0.1) is 23.4 Å². The summed E-state index contributed by atoms with van der Waals surface area (Å²) >= 11 is 7.32. The van der Waals surface area contributed by atoms with Crippen LogP contribution in [0.25, 0.3) is 10.1 Å². The fourth-order valence-electron chi connectivity index (χ4n) is 2.34. The minimum atomic E-state index is -4.57. The summed E-state index contributed by atoms with van der Waals surface area (Å²) in [5.41, 5.74) is -1.23. The molecule has 3 nitrogen and oxygen atoms in total. The number of carbonyl (C=O) groups is 1. The summed E-state index contributed by atoms with van der Waals surface area (Å²) in [5.74, 6) is -0.0957. The maximum Gasteiger partial charge on any atom is 0.418 e. The van der Waals surface area contributed by atoms with Gasteiger partial charge >= 0.3 is 6.18 Å². The molecule has 0 radical (unpaired) electrons. The first-order chi connectivity index (χ1) is 11.8. The van der Waals surface area contributed by atoms with Gasteiger partial charge in [0.15, 0.2) is 0 Å². The minimum Gasteiger partial charge on any atom is -0.497 e. The first-order valence-electron chi connectivity index (χ1n) is 7.05. The van der Waals surface area contributed by atoms with Gasteiger partial charge in [-0.05, 0) is 30.3 Å². The number of benzene rings is 2. The monoisotopic (exact) mass is 385 g/mol. The summed E-state index contributed by atoms with van der Waals surface area (Å²) in [5, 5.41) is 3.14. The van der Waals surface area contributed by atoms with E-state index < -0.39 is 17.6 Å². The van der Waals surface area contributed by atoms with Gasteiger partial charge in [-0.25, -0.2) is 0 Å². The third-order valence-corrected chi connectivity index (χ3v) is 5.18. The smallest absolute Gasteiger partial charge is 0.418 e. The molecular formula is C17H11ClF3NO2S. The lowest BCUT2D eigenvalue weighted by molar-refractivity contribution is -0.136. The van der Waals surface area contributed by atoms with Gasteiger partial charge in [-0.2, -0.15) is 13.2 Å². The van der Waals surface area contributed by atoms with Crippen molar-refractivity contribution in [3.05, 3.63) is 57.9 Å². The Labute approximate surface area is 150 Å². The molecule has 2 aromatic carbocycles. The molecule has 1 amide bonds. The van der Waals surface area contributed by atoms with E-state index in [2.05, 4.69) is 5.32 Å². The molecule has 0 aliphatic rings. The van der Waals surface area contributed by atoms with Crippen LogP contribution >= 0.6 is 22.9 Å². The van der Waals surface area contributed by atoms with Gasteiger partial charge in [-0.1, -0.05) is 23.7 Å². The van der Waals surface area contributed by atoms with Crippen LogP contribution in [0.1, 0.15) is 15.2 Å². The van der Waals surface area contributed by atoms with Crippen LogP contribution in [0.2, 0.25) is 5.02 Å². The van der Waals surface area contributed by atoms with Crippen molar-refractivity contribution in [1.82, 2.24) is 0 Å². The average molecular weight is 386 g/mol. The molecule has 0 fully saturated rings. The summed E-state index contributed by atoms with van der Waals surface area (Å²) in [6.45, 7) is 0. The second kappa shape index (κ2) is 6.57. The number of hydrogen-bond donors (Lipinski definition) is 1. The second-order valence-electron chi connectivity index (χ2n) is 5.10. The normalized spacial score (nSPS) is 11.6. The number of rotatable bonds is 3. The summed E-state index contributed by atoms with van der Waals surface area (Å²) in [7, 11) is 1.51. The Morgan fingerprint density at radius 2 is 1.92 bits per heavy atom. The van der Waals surface area contributed by atoms with Crippen LogP contribution in [0.4, 0.5) is 18.9 Å². The Morgan fingerprint density at radius 3 is 2.60 bits per heavy atom. The van der Waals surface area contributed by atoms with E-state index >= 15 is 0 Å². The quantitative estimate of drug-likeness (QED) is 0.615. The lowest BCUT2D eigenvalue weighted by Crippen LogP contribution is -2.15. The fraction of sp³-hybridized carbons (Fsp3) is 0.118. The molecule has 0 spiro atoms. The maximum atomic E-state index is 13.0. The molecule has 3 aromatic rings. The van der Waals surface area contributed by atoms with Crippen LogP contribution in [0, 0.1) is 0 Å². The zero-order chi connectivity index (χ0) is 18.2. The molecule has 1 heterocycles. The molecule has 1 aromatic heterocycles. The summed E-state index contributed by atoms with van der Waals surface area (Å²) in [4.78, 5) is 12.6. The van der Waals surface area contributed by atoms with Crippen molar-refractivity contribution >= 4 is 44.6 Å². The van der Waals surface area contributed by atoms with Crippen LogP contribution in [0.5, 0.6) is 5.75 Å². The standard InChI is InChI=1S/C17H11ClF3NO2S/c1-24-9-6-7-10-13(8-9)25-15(14(10)18)16(23)22-12-5-3-2-4-11(12)17(19,20)21/h2-8H,1H3,(H,22,23). The van der Waals surface area contributed by atoms with Crippen molar-refractivity contribution in [2.24, 2.45) is 0 Å². The highest BCUT2D eigenvalue weighted by molar-refractivity contribution is 7.21. The third-order valence-electron chi connectivity index (χ3n) is 3.52. The van der Waals surface area contributed by atoms with E-state index in [0.717, 1.165) is 17.4 Å². The SMILES string of the molecule is COc1ccc2c(Cl)c(C(=O)Nc3ccccc3C(F)(F)F)sc2c1. The van der Waals surface area contributed by atoms with Gasteiger partial charge in [0.1, 0.15) is 10.6 Å². The zero-order valence-corrected chi connectivity index (χ0v) is 14.4. The lowest BCUT2D eigenvalue weighted by Gasteiger charge is -2.13. The average Bonchev–Trinajstić information content (AvgIpc) is 2.90. The van der Waals surface area contributed by atoms with E-state index in [1.165, 1.54) is 25.3 Å². The molecule has 1 N–H and O–H groups in total. The number of anilines is 1. The van der Waals surface area contributed by atoms with Gasteiger partial charge in [0, 0.05) is 10.1 Å². The molecule has 0 saturated carbocycles. The highest BCUT2D eigenvalue weighted by Crippen LogP contribution is 2.39. The third kappa shape index (κ3) is 3.43. The van der Waals surface area contributed by atoms with Crippen LogP contribution in [-0.4, -0.2) is 13.0 Å². The van der Waals surface area contributed by atoms with Crippen LogP contribution in [0.3, 0.4) is 0 Å². The van der Waals surface area contributed by atoms with Crippen LogP contribution in [-0.2, 0) is 6.18 Å². The van der Waals surface area contributed by atoms with Crippen LogP contribution < -0.4 is 10.1 Å². The number of alkyl halides is 3. The van der Waals surface area contributed by atoms with Gasteiger partial charge < -0.3 is 10.1 Å². The van der Waals surface area contributed by atoms with E-state index in [1.807, 2.05) is 0 Å². The molecule has 0 aliphatic heterocycles. The highest BCUT2D eigenvalue weighted by Gasteiger charge is 2.33. The molecule has 0 unspecified atom stereocenters. The van der Waals surface area contributed by atoms with E-state index in [-0.39, 0.29) is 15.6 Å². The number of para-hydroxylation sites is 1. The van der Waals surface area contributed by atoms with Gasteiger partial charge in [-0.3, -0.25) is 4.79 Å². The van der Waals surface area contributed by atoms with Gasteiger partial charge in [0.2, 0.25) is 0 Å². The number of amides is 1. The molecule has 130 valence electrons. The molecule has 8 heteroatoms. The number of carbonyl (C=O) groups excluding carboxylic acids is 1. The van der Waals surface area contributed by atoms with Gasteiger partial charge in [-0.15, -0.1) is 11.3 Å². The van der Waals surface area contributed by atoms with Gasteiger partial charge in [0.25, 0.3) is 5.91 Å². The summed E-state index contributed by atoms with van der Waals surface area (Å²) < 4.78 is 45.0. The number of halogens is 4. The highest BCUT2D eigenvalue weighted by atomic mass is 35.5. The van der Waals surface area contributed by atoms with E-state index in [1.54, 1.807) is 18.2 Å². The number of thiophene rings is 1. The number of hydrogen-bond acceptors (Lipinski definition) is 3. The van der Waals surface area contributed by atoms with E-state index in [4.69, 9.17) is 16.3 Å². The molecule has 0 atom stereocenters. The minimum absolute atomic E-state index is 0.141. The number of nitrogens with one attached hydrogen (secondary N) is 1. The zero-order valence-electron chi connectivity index (χ0n) is 12.8. The maximum absolute atomic E-state index is 13.0. The Kier molecular flexibility index (Phi) is 4.62. The molecule has 25 heavy (non-hydrogen) atoms. The molecule has 0 saturated heterocycles. The first-order valence-corrected chi connectivity index (χ1v) is 8.24. The van der Waals surface area contributed by atoms with Crippen molar-refractivity contribution < 1.29 is 22.7 Å². The number of methoxy groups -OCH3 is 1. The fourth-order valence-corrected chi connectivity index (χ4v) is 3.78. The molecular weight excluding hydrogens is 375 g/mol. The topological polar surface area (TPSA) is 38.3 Å². The van der Waals surface area contributed by atoms with E-state index in [0.29, 0.717) is 15.8 Å². The Balaban J connectivity index is 1.97. The summed E-state index contributed by atoms with van der Waals surface area (Å²) in [6, 6.07) is 9.90. The lowest BCUT2D eigenvalue weighted by atomic mass is 10.1. The largest absolute Gasteiger partial charge is 0.497 e. The number of ether oxygens (including phenoxy) is 1. The Bertz CT molecular complexity index is 953. The number of fused-ring (bicyclic) bond motifs is 1. The predicted molar refractivity (Wildman–Crippen MR) is 92.8 cm³/mol. The summed E-state index contributed by atoms with van der Waals surface area (Å²) in [6.07, 6.45) is -4.57. The molecule has 0 bridgehead atoms. The van der Waals surface area contributed by atoms with Crippen molar-refractivity contribution in [1.29, 1.82) is 0 Å². The second-order valence-corrected chi connectivity index (χ2v) is 6.53. The van der Waals surface area contributed by atoms with Crippen molar-refractivity contribution in [2.45, 2.75) is 6.18 Å².